The monoisotopic (exact) mass is 911 g/mol. The maximum Gasteiger partial charge on any atom is 0.310 e. The van der Waals surface area contributed by atoms with E-state index in [0.29, 0.717) is 19.3 Å². The second-order valence-electron chi connectivity index (χ2n) is 16.7. The first-order valence-electron chi connectivity index (χ1n) is 26.2. The Labute approximate surface area is 405 Å². The number of unbranched alkanes of at least 4 members (excludes halogenated alkanes) is 13. The fourth-order valence-corrected chi connectivity index (χ4v) is 6.58. The van der Waals surface area contributed by atoms with E-state index in [-0.39, 0.29) is 38.0 Å². The first-order chi connectivity index (χ1) is 32.5. The standard InChI is InChI=1S/C60H94O6/c1-4-7-10-13-16-19-22-25-27-28-29-30-31-32-34-35-38-41-44-47-50-53-59(62)65-56-57(55-64-58(61)52-49-46-43-40-37-24-21-18-15-12-9-6-3)66-60(63)54-51-48-45-42-39-36-33-26-23-20-17-14-11-8-5-2/h7-8,10-11,16-17,19-20,25-27,29-30,32-34,38-39,41-42,48,51,57H,4-6,9,12-15,18,21-24,28,31,35-37,40,43-47,49-50,52-56H2,1-3H3/b10-7-,11-8-,19-16-,20-17-,27-25-,30-29-,33-26-,34-32-,41-38-,42-39-,51-48-. The van der Waals surface area contributed by atoms with Crippen molar-refractivity contribution in [2.24, 2.45) is 0 Å². The van der Waals surface area contributed by atoms with Gasteiger partial charge >= 0.3 is 17.9 Å². The van der Waals surface area contributed by atoms with Crippen molar-refractivity contribution in [2.45, 2.75) is 213 Å². The molecule has 0 aliphatic carbocycles. The molecule has 0 aliphatic rings. The van der Waals surface area contributed by atoms with Crippen LogP contribution >= 0.6 is 0 Å². The highest BCUT2D eigenvalue weighted by Crippen LogP contribution is 2.13. The Morgan fingerprint density at radius 1 is 0.333 bits per heavy atom. The van der Waals surface area contributed by atoms with Crippen LogP contribution in [0, 0.1) is 0 Å². The third kappa shape index (κ3) is 50.5. The average Bonchev–Trinajstić information content (AvgIpc) is 3.31. The summed E-state index contributed by atoms with van der Waals surface area (Å²) in [4.78, 5) is 37.9. The normalized spacial score (nSPS) is 13.2. The van der Waals surface area contributed by atoms with Crippen LogP contribution in [0.1, 0.15) is 207 Å². The average molecular weight is 911 g/mol. The van der Waals surface area contributed by atoms with Crippen LogP contribution in [0.2, 0.25) is 0 Å². The highest BCUT2D eigenvalue weighted by molar-refractivity contribution is 5.72. The van der Waals surface area contributed by atoms with Crippen molar-refractivity contribution < 1.29 is 28.6 Å². The zero-order chi connectivity index (χ0) is 47.9. The van der Waals surface area contributed by atoms with E-state index in [9.17, 15) is 14.4 Å². The van der Waals surface area contributed by atoms with Crippen molar-refractivity contribution in [1.82, 2.24) is 0 Å². The van der Waals surface area contributed by atoms with E-state index in [1.807, 2.05) is 6.08 Å². The molecule has 1 atom stereocenters. The molecule has 66 heavy (non-hydrogen) atoms. The van der Waals surface area contributed by atoms with Crippen molar-refractivity contribution >= 4 is 17.9 Å². The Balaban J connectivity index is 4.58. The molecular weight excluding hydrogens is 817 g/mol. The molecule has 0 amide bonds. The molecule has 0 aromatic heterocycles. The van der Waals surface area contributed by atoms with Gasteiger partial charge in [0.1, 0.15) is 13.2 Å². The summed E-state index contributed by atoms with van der Waals surface area (Å²) < 4.78 is 16.6. The van der Waals surface area contributed by atoms with E-state index in [2.05, 4.69) is 142 Å². The highest BCUT2D eigenvalue weighted by Gasteiger charge is 2.19. The minimum absolute atomic E-state index is 0.0827. The van der Waals surface area contributed by atoms with Crippen molar-refractivity contribution in [2.75, 3.05) is 13.2 Å². The molecule has 6 heteroatoms. The van der Waals surface area contributed by atoms with Gasteiger partial charge in [0.2, 0.25) is 0 Å². The smallest absolute Gasteiger partial charge is 0.310 e. The van der Waals surface area contributed by atoms with Gasteiger partial charge in [0.15, 0.2) is 6.10 Å². The van der Waals surface area contributed by atoms with Crippen LogP contribution in [0.25, 0.3) is 0 Å². The third-order valence-electron chi connectivity index (χ3n) is 10.4. The molecule has 0 saturated heterocycles. The predicted octanol–water partition coefficient (Wildman–Crippen LogP) is 17.5. The second kappa shape index (κ2) is 53.2. The van der Waals surface area contributed by atoms with Crippen molar-refractivity contribution in [1.29, 1.82) is 0 Å². The van der Waals surface area contributed by atoms with Crippen LogP contribution in [-0.4, -0.2) is 37.2 Å². The van der Waals surface area contributed by atoms with Crippen LogP contribution in [-0.2, 0) is 28.6 Å². The van der Waals surface area contributed by atoms with E-state index in [0.717, 1.165) is 96.3 Å². The maximum atomic E-state index is 12.7. The molecule has 1 unspecified atom stereocenters. The molecule has 0 aromatic rings. The maximum absolute atomic E-state index is 12.7. The van der Waals surface area contributed by atoms with Crippen molar-refractivity contribution in [3.63, 3.8) is 0 Å². The second-order valence-corrected chi connectivity index (χ2v) is 16.7. The van der Waals surface area contributed by atoms with E-state index in [1.54, 1.807) is 6.08 Å². The molecule has 0 rings (SSSR count). The molecule has 0 aromatic carbocycles. The summed E-state index contributed by atoms with van der Waals surface area (Å²) in [6.07, 6.45) is 74.6. The summed E-state index contributed by atoms with van der Waals surface area (Å²) in [6.45, 7) is 6.26. The number of ether oxygens (including phenoxy) is 3. The number of allylic oxidation sites excluding steroid dienone is 21. The topological polar surface area (TPSA) is 78.9 Å². The van der Waals surface area contributed by atoms with Gasteiger partial charge in [0.05, 0.1) is 6.42 Å². The van der Waals surface area contributed by atoms with Gasteiger partial charge < -0.3 is 14.2 Å². The van der Waals surface area contributed by atoms with Crippen LogP contribution in [0.3, 0.4) is 0 Å². The summed E-state index contributed by atoms with van der Waals surface area (Å²) in [6, 6.07) is 0. The molecule has 370 valence electrons. The number of carbonyl (C=O) groups excluding carboxylic acids is 3. The molecule has 0 spiro atoms. The number of rotatable bonds is 45. The van der Waals surface area contributed by atoms with Crippen LogP contribution < -0.4 is 0 Å². The molecule has 0 fully saturated rings. The van der Waals surface area contributed by atoms with Gasteiger partial charge in [-0.05, 0) is 96.3 Å². The molecule has 0 aliphatic heterocycles. The summed E-state index contributed by atoms with van der Waals surface area (Å²) in [7, 11) is 0. The van der Waals surface area contributed by atoms with Gasteiger partial charge in [-0.25, -0.2) is 0 Å². The highest BCUT2D eigenvalue weighted by atomic mass is 16.6. The molecular formula is C60H94O6. The summed E-state index contributed by atoms with van der Waals surface area (Å²) in [5.41, 5.74) is 0. The fourth-order valence-electron chi connectivity index (χ4n) is 6.58. The van der Waals surface area contributed by atoms with Gasteiger partial charge in [-0.1, -0.05) is 225 Å². The zero-order valence-electron chi connectivity index (χ0n) is 42.1. The van der Waals surface area contributed by atoms with Gasteiger partial charge in [-0.3, -0.25) is 14.4 Å². The number of hydrogen-bond acceptors (Lipinski definition) is 6. The molecule has 0 heterocycles. The summed E-state index contributed by atoms with van der Waals surface area (Å²) in [5.74, 6) is -1.12. The molecule has 6 nitrogen and oxygen atoms in total. The minimum Gasteiger partial charge on any atom is -0.462 e. The first-order valence-corrected chi connectivity index (χ1v) is 26.2. The number of hydrogen-bond donors (Lipinski definition) is 0. The van der Waals surface area contributed by atoms with Crippen molar-refractivity contribution in [3.8, 4) is 0 Å². The lowest BCUT2D eigenvalue weighted by Crippen LogP contribution is -2.30. The third-order valence-corrected chi connectivity index (χ3v) is 10.4. The quantitative estimate of drug-likeness (QED) is 0.0262. The van der Waals surface area contributed by atoms with E-state index >= 15 is 0 Å². The van der Waals surface area contributed by atoms with Crippen molar-refractivity contribution in [3.05, 3.63) is 134 Å². The van der Waals surface area contributed by atoms with Gasteiger partial charge in [-0.15, -0.1) is 0 Å². The van der Waals surface area contributed by atoms with Gasteiger partial charge in [-0.2, -0.15) is 0 Å². The van der Waals surface area contributed by atoms with Crippen LogP contribution in [0.5, 0.6) is 0 Å². The molecule has 0 bridgehead atoms. The largest absolute Gasteiger partial charge is 0.462 e. The first kappa shape index (κ1) is 61.5. The minimum atomic E-state index is -0.853. The summed E-state index contributed by atoms with van der Waals surface area (Å²) in [5, 5.41) is 0. The Kier molecular flexibility index (Phi) is 49.6. The fraction of sp³-hybridized carbons (Fsp3) is 0.583. The zero-order valence-corrected chi connectivity index (χ0v) is 42.1. The van der Waals surface area contributed by atoms with Crippen LogP contribution in [0.4, 0.5) is 0 Å². The van der Waals surface area contributed by atoms with Crippen LogP contribution in [0.15, 0.2) is 134 Å². The lowest BCUT2D eigenvalue weighted by atomic mass is 10.0. The molecule has 0 N–H and O–H groups in total. The molecule has 0 saturated carbocycles. The van der Waals surface area contributed by atoms with Gasteiger partial charge in [0.25, 0.3) is 0 Å². The van der Waals surface area contributed by atoms with E-state index < -0.39 is 12.1 Å². The van der Waals surface area contributed by atoms with E-state index in [1.165, 1.54) is 57.8 Å². The number of carbonyl (C=O) groups is 3. The summed E-state index contributed by atoms with van der Waals surface area (Å²) >= 11 is 0. The predicted molar refractivity (Wildman–Crippen MR) is 283 cm³/mol. The Morgan fingerprint density at radius 2 is 0.636 bits per heavy atom. The number of esters is 3. The SMILES string of the molecule is CC/C=C\C/C=C\C/C=C\C/C=C\C/C=C\C/C=C\CCCCC(=O)OCC(COC(=O)CCCCCCCCCCCCCC)OC(=O)C/C=C\C/C=C\C/C=C\C/C=C\C/C=C\CC. The van der Waals surface area contributed by atoms with E-state index in [4.69, 9.17) is 14.2 Å². The molecule has 0 radical (unpaired) electrons. The lowest BCUT2D eigenvalue weighted by molar-refractivity contribution is -0.166. The Morgan fingerprint density at radius 3 is 1.00 bits per heavy atom. The Bertz CT molecular complexity index is 1460. The van der Waals surface area contributed by atoms with Gasteiger partial charge in [0, 0.05) is 12.8 Å². The lowest BCUT2D eigenvalue weighted by Gasteiger charge is -2.18. The Hall–Kier alpha value is -4.45.